The molecule has 0 amide bonds. The third kappa shape index (κ3) is 4.18. The number of rotatable bonds is 7. The van der Waals surface area contributed by atoms with Crippen molar-refractivity contribution in [3.05, 3.63) is 41.4 Å². The van der Waals surface area contributed by atoms with Crippen molar-refractivity contribution in [3.63, 3.8) is 0 Å². The molecule has 0 saturated carbocycles. The molecule has 0 aliphatic carbocycles. The highest BCUT2D eigenvalue weighted by molar-refractivity contribution is 5.58. The zero-order chi connectivity index (χ0) is 14.4. The minimum Gasteiger partial charge on any atom is -0.441 e. The van der Waals surface area contributed by atoms with Crippen LogP contribution in [0.4, 0.5) is 0 Å². The standard InChI is InChI=1S/C16H22N2O2/c1-12-8-13(2)10-14(9-12)15-11-18-16(20-15)4-5-17-6-7-19-3/h8-11,17H,4-7H2,1-3H3. The maximum absolute atomic E-state index is 5.80. The highest BCUT2D eigenvalue weighted by Crippen LogP contribution is 2.23. The first-order valence-electron chi connectivity index (χ1n) is 6.92. The maximum Gasteiger partial charge on any atom is 0.196 e. The average molecular weight is 274 g/mol. The second-order valence-corrected chi connectivity index (χ2v) is 4.99. The van der Waals surface area contributed by atoms with Crippen LogP contribution in [0.2, 0.25) is 0 Å². The van der Waals surface area contributed by atoms with Crippen LogP contribution in [-0.4, -0.2) is 31.8 Å². The second-order valence-electron chi connectivity index (χ2n) is 4.99. The summed E-state index contributed by atoms with van der Waals surface area (Å²) in [5.41, 5.74) is 3.56. The number of methoxy groups -OCH3 is 1. The van der Waals surface area contributed by atoms with Gasteiger partial charge in [-0.25, -0.2) is 4.98 Å². The SMILES string of the molecule is COCCNCCc1ncc(-c2cc(C)cc(C)c2)o1. The van der Waals surface area contributed by atoms with E-state index in [2.05, 4.69) is 42.3 Å². The van der Waals surface area contributed by atoms with E-state index < -0.39 is 0 Å². The summed E-state index contributed by atoms with van der Waals surface area (Å²) in [6, 6.07) is 6.39. The van der Waals surface area contributed by atoms with Crippen molar-refractivity contribution in [1.29, 1.82) is 0 Å². The molecule has 0 aliphatic rings. The lowest BCUT2D eigenvalue weighted by Crippen LogP contribution is -2.21. The van der Waals surface area contributed by atoms with Crippen molar-refractivity contribution in [1.82, 2.24) is 10.3 Å². The third-order valence-corrected chi connectivity index (χ3v) is 3.06. The molecule has 0 radical (unpaired) electrons. The van der Waals surface area contributed by atoms with Gasteiger partial charge in [0.15, 0.2) is 11.7 Å². The summed E-state index contributed by atoms with van der Waals surface area (Å²) < 4.78 is 10.8. The van der Waals surface area contributed by atoms with Gasteiger partial charge in [-0.05, 0) is 26.0 Å². The molecular weight excluding hydrogens is 252 g/mol. The molecule has 0 fully saturated rings. The fourth-order valence-electron chi connectivity index (χ4n) is 2.17. The Bertz CT molecular complexity index is 529. The first-order valence-corrected chi connectivity index (χ1v) is 6.92. The highest BCUT2D eigenvalue weighted by atomic mass is 16.5. The summed E-state index contributed by atoms with van der Waals surface area (Å²) in [7, 11) is 1.70. The molecule has 108 valence electrons. The second kappa shape index (κ2) is 7.22. The van der Waals surface area contributed by atoms with E-state index in [0.717, 1.165) is 43.3 Å². The summed E-state index contributed by atoms with van der Waals surface area (Å²) in [5, 5.41) is 3.28. The molecule has 1 aromatic heterocycles. The number of ether oxygens (including phenoxy) is 1. The first-order chi connectivity index (χ1) is 9.69. The summed E-state index contributed by atoms with van der Waals surface area (Å²) in [6.07, 6.45) is 2.59. The normalized spacial score (nSPS) is 10.9. The molecule has 1 N–H and O–H groups in total. The van der Waals surface area contributed by atoms with Crippen LogP contribution in [-0.2, 0) is 11.2 Å². The van der Waals surface area contributed by atoms with E-state index in [1.807, 2.05) is 0 Å². The van der Waals surface area contributed by atoms with Crippen molar-refractivity contribution < 1.29 is 9.15 Å². The van der Waals surface area contributed by atoms with E-state index >= 15 is 0 Å². The number of hydrogen-bond acceptors (Lipinski definition) is 4. The molecule has 1 heterocycles. The lowest BCUT2D eigenvalue weighted by atomic mass is 10.1. The molecule has 0 atom stereocenters. The molecule has 2 rings (SSSR count). The highest BCUT2D eigenvalue weighted by Gasteiger charge is 2.07. The molecule has 20 heavy (non-hydrogen) atoms. The van der Waals surface area contributed by atoms with Crippen LogP contribution in [0, 0.1) is 13.8 Å². The zero-order valence-corrected chi connectivity index (χ0v) is 12.4. The Morgan fingerprint density at radius 3 is 2.60 bits per heavy atom. The number of benzene rings is 1. The minimum atomic E-state index is 0.722. The van der Waals surface area contributed by atoms with Gasteiger partial charge in [0.05, 0.1) is 12.8 Å². The van der Waals surface area contributed by atoms with Gasteiger partial charge >= 0.3 is 0 Å². The maximum atomic E-state index is 5.80. The van der Waals surface area contributed by atoms with Crippen LogP contribution in [0.25, 0.3) is 11.3 Å². The van der Waals surface area contributed by atoms with Crippen molar-refractivity contribution >= 4 is 0 Å². The largest absolute Gasteiger partial charge is 0.441 e. The Balaban J connectivity index is 1.94. The Kier molecular flexibility index (Phi) is 5.32. The van der Waals surface area contributed by atoms with E-state index in [4.69, 9.17) is 9.15 Å². The molecular formula is C16H22N2O2. The lowest BCUT2D eigenvalue weighted by molar-refractivity contribution is 0.199. The van der Waals surface area contributed by atoms with Gasteiger partial charge in [-0.15, -0.1) is 0 Å². The predicted molar refractivity (Wildman–Crippen MR) is 79.9 cm³/mol. The Hall–Kier alpha value is -1.65. The van der Waals surface area contributed by atoms with Gasteiger partial charge in [-0.3, -0.25) is 0 Å². The van der Waals surface area contributed by atoms with Crippen LogP contribution in [0.15, 0.2) is 28.8 Å². The summed E-state index contributed by atoms with van der Waals surface area (Å²) >= 11 is 0. The molecule has 0 bridgehead atoms. The number of hydrogen-bond donors (Lipinski definition) is 1. The Morgan fingerprint density at radius 2 is 1.90 bits per heavy atom. The molecule has 4 nitrogen and oxygen atoms in total. The van der Waals surface area contributed by atoms with Crippen molar-refractivity contribution in [2.45, 2.75) is 20.3 Å². The van der Waals surface area contributed by atoms with Crippen molar-refractivity contribution in [2.75, 3.05) is 26.8 Å². The smallest absolute Gasteiger partial charge is 0.196 e. The molecule has 0 saturated heterocycles. The topological polar surface area (TPSA) is 47.3 Å². The van der Waals surface area contributed by atoms with Gasteiger partial charge in [0, 0.05) is 32.2 Å². The zero-order valence-electron chi connectivity index (χ0n) is 12.4. The van der Waals surface area contributed by atoms with Crippen molar-refractivity contribution in [2.24, 2.45) is 0 Å². The van der Waals surface area contributed by atoms with Gasteiger partial charge in [-0.1, -0.05) is 17.2 Å². The number of aromatic nitrogens is 1. The van der Waals surface area contributed by atoms with Gasteiger partial charge in [0.1, 0.15) is 0 Å². The number of nitrogens with one attached hydrogen (secondary N) is 1. The minimum absolute atomic E-state index is 0.722. The monoisotopic (exact) mass is 274 g/mol. The van der Waals surface area contributed by atoms with Crippen LogP contribution in [0.5, 0.6) is 0 Å². The van der Waals surface area contributed by atoms with Crippen molar-refractivity contribution in [3.8, 4) is 11.3 Å². The Labute approximate surface area is 120 Å². The van der Waals surface area contributed by atoms with Crippen LogP contribution in [0.1, 0.15) is 17.0 Å². The van der Waals surface area contributed by atoms with E-state index in [1.54, 1.807) is 13.3 Å². The summed E-state index contributed by atoms with van der Waals surface area (Å²) in [5.74, 6) is 1.60. The molecule has 0 unspecified atom stereocenters. The predicted octanol–water partition coefficient (Wildman–Crippen LogP) is 2.74. The summed E-state index contributed by atoms with van der Waals surface area (Å²) in [6.45, 7) is 6.59. The Morgan fingerprint density at radius 1 is 1.15 bits per heavy atom. The number of aryl methyl sites for hydroxylation is 2. The van der Waals surface area contributed by atoms with Crippen LogP contribution >= 0.6 is 0 Å². The van der Waals surface area contributed by atoms with E-state index in [0.29, 0.717) is 0 Å². The molecule has 4 heteroatoms. The van der Waals surface area contributed by atoms with Gasteiger partial charge in [0.25, 0.3) is 0 Å². The number of oxazole rings is 1. The quantitative estimate of drug-likeness (QED) is 0.789. The van der Waals surface area contributed by atoms with E-state index in [-0.39, 0.29) is 0 Å². The average Bonchev–Trinajstić information content (AvgIpc) is 2.86. The number of nitrogens with zero attached hydrogens (tertiary/aromatic N) is 1. The fraction of sp³-hybridized carbons (Fsp3) is 0.438. The van der Waals surface area contributed by atoms with Gasteiger partial charge < -0.3 is 14.5 Å². The van der Waals surface area contributed by atoms with Crippen LogP contribution in [0.3, 0.4) is 0 Å². The van der Waals surface area contributed by atoms with Gasteiger partial charge in [0.2, 0.25) is 0 Å². The lowest BCUT2D eigenvalue weighted by Gasteiger charge is -2.02. The van der Waals surface area contributed by atoms with Crippen LogP contribution < -0.4 is 5.32 Å². The molecule has 2 aromatic rings. The first kappa shape index (κ1) is 14.8. The molecule has 0 aliphatic heterocycles. The summed E-state index contributed by atoms with van der Waals surface area (Å²) in [4.78, 5) is 4.33. The van der Waals surface area contributed by atoms with E-state index in [9.17, 15) is 0 Å². The molecule has 0 spiro atoms. The molecule has 1 aromatic carbocycles. The fourth-order valence-corrected chi connectivity index (χ4v) is 2.17. The van der Waals surface area contributed by atoms with E-state index in [1.165, 1.54) is 11.1 Å². The van der Waals surface area contributed by atoms with Gasteiger partial charge in [-0.2, -0.15) is 0 Å². The third-order valence-electron chi connectivity index (χ3n) is 3.06.